The van der Waals surface area contributed by atoms with Gasteiger partial charge in [-0.05, 0) is 41.8 Å². The van der Waals surface area contributed by atoms with Gasteiger partial charge in [0.2, 0.25) is 0 Å². The van der Waals surface area contributed by atoms with Gasteiger partial charge in [0.15, 0.2) is 0 Å². The molecule has 0 fully saturated rings. The number of carbonyl (C=O) groups excluding carboxylic acids is 1. The Morgan fingerprint density at radius 3 is 1.91 bits per heavy atom. The summed E-state index contributed by atoms with van der Waals surface area (Å²) in [5.74, 6) is 0.0462. The molecule has 0 saturated heterocycles. The Morgan fingerprint density at radius 1 is 0.864 bits per heavy atom. The van der Waals surface area contributed by atoms with Crippen LogP contribution >= 0.6 is 0 Å². The summed E-state index contributed by atoms with van der Waals surface area (Å²) in [4.78, 5) is 16.2. The lowest BCUT2D eigenvalue weighted by molar-refractivity contribution is 0.0785. The number of benzene rings is 2. The molecule has 0 aliphatic carbocycles. The van der Waals surface area contributed by atoms with Gasteiger partial charge < -0.3 is 9.80 Å². The summed E-state index contributed by atoms with van der Waals surface area (Å²) in [5.41, 5.74) is 4.28. The quantitative estimate of drug-likeness (QED) is 0.842. The largest absolute Gasteiger partial charge is 0.378 e. The average molecular weight is 296 g/mol. The molecule has 0 aliphatic rings. The minimum atomic E-state index is 0.0462. The molecular formula is C19H24N2O. The highest BCUT2D eigenvalue weighted by molar-refractivity contribution is 5.94. The van der Waals surface area contributed by atoms with E-state index in [9.17, 15) is 4.79 Å². The van der Waals surface area contributed by atoms with Crippen molar-refractivity contribution in [3.63, 3.8) is 0 Å². The third-order valence-corrected chi connectivity index (χ3v) is 3.83. The lowest BCUT2D eigenvalue weighted by Crippen LogP contribution is -2.26. The molecule has 3 nitrogen and oxygen atoms in total. The number of amides is 1. The topological polar surface area (TPSA) is 23.6 Å². The minimum Gasteiger partial charge on any atom is -0.378 e. The van der Waals surface area contributed by atoms with Crippen LogP contribution in [0.1, 0.15) is 28.4 Å². The molecule has 22 heavy (non-hydrogen) atoms. The molecule has 0 aromatic heterocycles. The molecule has 2 rings (SSSR count). The van der Waals surface area contributed by atoms with Crippen LogP contribution in [0.25, 0.3) is 0 Å². The molecule has 0 heterocycles. The van der Waals surface area contributed by atoms with Gasteiger partial charge in [0, 0.05) is 38.9 Å². The van der Waals surface area contributed by atoms with Gasteiger partial charge in [-0.1, -0.05) is 31.2 Å². The van der Waals surface area contributed by atoms with Gasteiger partial charge in [0.1, 0.15) is 0 Å². The summed E-state index contributed by atoms with van der Waals surface area (Å²) in [6, 6.07) is 16.1. The van der Waals surface area contributed by atoms with Crippen LogP contribution in [0, 0.1) is 0 Å². The summed E-state index contributed by atoms with van der Waals surface area (Å²) in [7, 11) is 5.82. The molecular weight excluding hydrogens is 272 g/mol. The molecule has 1 amide bonds. The molecule has 0 bridgehead atoms. The fourth-order valence-corrected chi connectivity index (χ4v) is 2.35. The Labute approximate surface area is 133 Å². The Kier molecular flexibility index (Phi) is 5.21. The zero-order valence-electron chi connectivity index (χ0n) is 13.8. The molecule has 0 saturated carbocycles. The van der Waals surface area contributed by atoms with E-state index in [0.717, 1.165) is 23.2 Å². The van der Waals surface area contributed by atoms with E-state index in [0.29, 0.717) is 6.54 Å². The van der Waals surface area contributed by atoms with E-state index in [1.54, 1.807) is 4.90 Å². The maximum Gasteiger partial charge on any atom is 0.253 e. The second-order valence-electron chi connectivity index (χ2n) is 5.77. The maximum absolute atomic E-state index is 12.5. The lowest BCUT2D eigenvalue weighted by atomic mass is 10.1. The van der Waals surface area contributed by atoms with Crippen molar-refractivity contribution >= 4 is 11.6 Å². The third-order valence-electron chi connectivity index (χ3n) is 3.83. The molecule has 0 spiro atoms. The lowest BCUT2D eigenvalue weighted by Gasteiger charge is -2.18. The average Bonchev–Trinajstić information content (AvgIpc) is 2.55. The molecule has 0 aliphatic heterocycles. The second-order valence-corrected chi connectivity index (χ2v) is 5.77. The first-order chi connectivity index (χ1) is 10.5. The van der Waals surface area contributed by atoms with Gasteiger partial charge in [-0.2, -0.15) is 0 Å². The van der Waals surface area contributed by atoms with Crippen LogP contribution in [0.5, 0.6) is 0 Å². The molecule has 0 N–H and O–H groups in total. The predicted octanol–water partition coefficient (Wildman–Crippen LogP) is 3.59. The maximum atomic E-state index is 12.5. The van der Waals surface area contributed by atoms with Gasteiger partial charge in [0.05, 0.1) is 0 Å². The number of aryl methyl sites for hydroxylation is 1. The van der Waals surface area contributed by atoms with Gasteiger partial charge in [-0.3, -0.25) is 4.79 Å². The fraction of sp³-hybridized carbons (Fsp3) is 0.316. The van der Waals surface area contributed by atoms with Crippen LogP contribution in [-0.4, -0.2) is 32.0 Å². The highest BCUT2D eigenvalue weighted by atomic mass is 16.2. The van der Waals surface area contributed by atoms with Crippen LogP contribution in [-0.2, 0) is 13.0 Å². The number of carbonyl (C=O) groups is 1. The highest BCUT2D eigenvalue weighted by Crippen LogP contribution is 2.15. The fourth-order valence-electron chi connectivity index (χ4n) is 2.35. The third kappa shape index (κ3) is 3.88. The van der Waals surface area contributed by atoms with Crippen molar-refractivity contribution in [2.24, 2.45) is 0 Å². The number of hydrogen-bond acceptors (Lipinski definition) is 2. The van der Waals surface area contributed by atoms with Crippen LogP contribution in [0.3, 0.4) is 0 Å². The van der Waals surface area contributed by atoms with Crippen LogP contribution < -0.4 is 4.90 Å². The van der Waals surface area contributed by atoms with Gasteiger partial charge in [0.25, 0.3) is 5.91 Å². The van der Waals surface area contributed by atoms with Gasteiger partial charge >= 0.3 is 0 Å². The monoisotopic (exact) mass is 296 g/mol. The van der Waals surface area contributed by atoms with Crippen molar-refractivity contribution in [2.45, 2.75) is 19.9 Å². The van der Waals surface area contributed by atoms with E-state index in [4.69, 9.17) is 0 Å². The van der Waals surface area contributed by atoms with Crippen molar-refractivity contribution in [2.75, 3.05) is 26.0 Å². The van der Waals surface area contributed by atoms with Crippen molar-refractivity contribution in [1.82, 2.24) is 4.90 Å². The second kappa shape index (κ2) is 7.12. The Balaban J connectivity index is 2.04. The Hall–Kier alpha value is -2.29. The number of nitrogens with zero attached hydrogens (tertiary/aromatic N) is 2. The van der Waals surface area contributed by atoms with Crippen molar-refractivity contribution in [3.8, 4) is 0 Å². The van der Waals surface area contributed by atoms with Gasteiger partial charge in [-0.15, -0.1) is 0 Å². The van der Waals surface area contributed by atoms with E-state index >= 15 is 0 Å². The highest BCUT2D eigenvalue weighted by Gasteiger charge is 2.12. The summed E-state index contributed by atoms with van der Waals surface area (Å²) < 4.78 is 0. The molecule has 2 aromatic rings. The SMILES string of the molecule is CCc1ccc(CN(C)C(=O)c2ccc(N(C)C)cc2)cc1. The summed E-state index contributed by atoms with van der Waals surface area (Å²) in [6.45, 7) is 2.76. The molecule has 0 atom stereocenters. The number of anilines is 1. The van der Waals surface area contributed by atoms with Crippen LogP contribution in [0.4, 0.5) is 5.69 Å². The first-order valence-electron chi connectivity index (χ1n) is 7.62. The summed E-state index contributed by atoms with van der Waals surface area (Å²) >= 11 is 0. The molecule has 3 heteroatoms. The van der Waals surface area contributed by atoms with E-state index in [-0.39, 0.29) is 5.91 Å². The molecule has 116 valence electrons. The smallest absolute Gasteiger partial charge is 0.253 e. The Bertz CT molecular complexity index is 615. The number of rotatable bonds is 5. The molecule has 0 unspecified atom stereocenters. The summed E-state index contributed by atoms with van der Waals surface area (Å²) in [5, 5.41) is 0. The standard InChI is InChI=1S/C19H24N2O/c1-5-15-6-8-16(9-7-15)14-21(4)19(22)17-10-12-18(13-11-17)20(2)3/h6-13H,5,14H2,1-4H3. The van der Waals surface area contributed by atoms with Crippen molar-refractivity contribution < 1.29 is 4.79 Å². The zero-order chi connectivity index (χ0) is 16.1. The van der Waals surface area contributed by atoms with Crippen molar-refractivity contribution in [1.29, 1.82) is 0 Å². The normalized spacial score (nSPS) is 10.4. The first kappa shape index (κ1) is 16.1. The van der Waals surface area contributed by atoms with Crippen molar-refractivity contribution in [3.05, 3.63) is 65.2 Å². The van der Waals surface area contributed by atoms with E-state index in [2.05, 4.69) is 31.2 Å². The number of hydrogen-bond donors (Lipinski definition) is 0. The van der Waals surface area contributed by atoms with E-state index in [1.165, 1.54) is 5.56 Å². The first-order valence-corrected chi connectivity index (χ1v) is 7.62. The predicted molar refractivity (Wildman–Crippen MR) is 92.4 cm³/mol. The van der Waals surface area contributed by atoms with Gasteiger partial charge in [-0.25, -0.2) is 0 Å². The van der Waals surface area contributed by atoms with Crippen LogP contribution in [0.15, 0.2) is 48.5 Å². The molecule has 2 aromatic carbocycles. The molecule has 0 radical (unpaired) electrons. The summed E-state index contributed by atoms with van der Waals surface area (Å²) in [6.07, 6.45) is 1.03. The Morgan fingerprint density at radius 2 is 1.41 bits per heavy atom. The minimum absolute atomic E-state index is 0.0462. The van der Waals surface area contributed by atoms with Crippen LogP contribution in [0.2, 0.25) is 0 Å². The van der Waals surface area contributed by atoms with E-state index in [1.807, 2.05) is 50.3 Å². The zero-order valence-corrected chi connectivity index (χ0v) is 13.8. The van der Waals surface area contributed by atoms with E-state index < -0.39 is 0 Å².